The molecule has 12 aromatic rings. The number of thiophene rings is 1. The van der Waals surface area contributed by atoms with Crippen LogP contribution in [-0.4, -0.2) is 0 Å². The maximum atomic E-state index is 2.54. The predicted molar refractivity (Wildman–Crippen MR) is 285 cm³/mol. The van der Waals surface area contributed by atoms with Gasteiger partial charge in [0.15, 0.2) is 0 Å². The van der Waals surface area contributed by atoms with E-state index in [1.807, 2.05) is 11.3 Å². The van der Waals surface area contributed by atoms with Crippen molar-refractivity contribution >= 4 is 59.3 Å². The largest absolute Gasteiger partial charge is 0.310 e. The fraction of sp³-hybridized carbons (Fsp3) is 0.0154. The predicted octanol–water partition coefficient (Wildman–Crippen LogP) is 18.0. The van der Waals surface area contributed by atoms with Crippen molar-refractivity contribution in [2.24, 2.45) is 0 Å². The van der Waals surface area contributed by atoms with E-state index in [9.17, 15) is 0 Å². The molecule has 1 aliphatic rings. The van der Waals surface area contributed by atoms with Crippen molar-refractivity contribution in [1.29, 1.82) is 0 Å². The van der Waals surface area contributed by atoms with Crippen LogP contribution < -0.4 is 4.90 Å². The average Bonchev–Trinajstić information content (AvgIpc) is 3.94. The summed E-state index contributed by atoms with van der Waals surface area (Å²) in [6, 6.07) is 96.5. The Morgan fingerprint density at radius 3 is 1.57 bits per heavy atom. The zero-order valence-electron chi connectivity index (χ0n) is 36.7. The molecule has 1 heterocycles. The Kier molecular flexibility index (Phi) is 9.33. The van der Waals surface area contributed by atoms with Gasteiger partial charge in [-0.2, -0.15) is 0 Å². The summed E-state index contributed by atoms with van der Waals surface area (Å²) in [6.07, 6.45) is 0. The molecule has 0 saturated carbocycles. The molecule has 1 nitrogen and oxygen atoms in total. The van der Waals surface area contributed by atoms with Gasteiger partial charge >= 0.3 is 0 Å². The molecule has 0 fully saturated rings. The number of hydrogen-bond acceptors (Lipinski definition) is 2. The molecule has 1 aromatic heterocycles. The number of nitrogens with zero attached hydrogens (tertiary/aromatic N) is 1. The summed E-state index contributed by atoms with van der Waals surface area (Å²) >= 11 is 1.90. The van der Waals surface area contributed by atoms with Crippen molar-refractivity contribution < 1.29 is 0 Å². The van der Waals surface area contributed by atoms with Gasteiger partial charge in [0.05, 0.1) is 11.1 Å². The number of rotatable bonds is 8. The second-order valence-electron chi connectivity index (χ2n) is 17.6. The lowest BCUT2D eigenvalue weighted by Gasteiger charge is -2.35. The van der Waals surface area contributed by atoms with Crippen molar-refractivity contribution in [2.45, 2.75) is 5.41 Å². The summed E-state index contributed by atoms with van der Waals surface area (Å²) in [5.41, 5.74) is 17.6. The molecule has 0 atom stereocenters. The third-order valence-corrected chi connectivity index (χ3v) is 15.1. The highest BCUT2D eigenvalue weighted by Gasteiger charge is 2.46. The number of hydrogen-bond donors (Lipinski definition) is 0. The highest BCUT2D eigenvalue weighted by molar-refractivity contribution is 7.26. The fourth-order valence-electron chi connectivity index (χ4n) is 11.0. The van der Waals surface area contributed by atoms with E-state index in [0.29, 0.717) is 0 Å². The molecule has 1 aliphatic carbocycles. The van der Waals surface area contributed by atoms with Crippen LogP contribution in [0.4, 0.5) is 17.1 Å². The van der Waals surface area contributed by atoms with Gasteiger partial charge in [0.25, 0.3) is 0 Å². The van der Waals surface area contributed by atoms with Crippen LogP contribution in [0, 0.1) is 0 Å². The SMILES string of the molecule is c1ccc(-c2ccc(N(c3ccc4c(c3)C(c3ccccc3)(c3ccccc3)c3ccccc3-4)c3cc(-c4ccccc4-c4ccccc4)cc4sc5c6ccccc6ccc5c34)cc2)cc1. The van der Waals surface area contributed by atoms with Gasteiger partial charge in [0, 0.05) is 31.5 Å². The minimum atomic E-state index is -0.549. The Morgan fingerprint density at radius 1 is 0.328 bits per heavy atom. The third-order valence-electron chi connectivity index (χ3n) is 13.9. The van der Waals surface area contributed by atoms with Gasteiger partial charge in [-0.05, 0) is 114 Å². The lowest BCUT2D eigenvalue weighted by molar-refractivity contribution is 0.768. The number of anilines is 3. The van der Waals surface area contributed by atoms with Gasteiger partial charge in [-0.25, -0.2) is 0 Å². The molecule has 11 aromatic carbocycles. The van der Waals surface area contributed by atoms with E-state index in [-0.39, 0.29) is 0 Å². The first-order chi connectivity index (χ1) is 33.2. The monoisotopic (exact) mass is 869 g/mol. The lowest BCUT2D eigenvalue weighted by Crippen LogP contribution is -2.28. The minimum Gasteiger partial charge on any atom is -0.310 e. The molecule has 13 rings (SSSR count). The van der Waals surface area contributed by atoms with Crippen molar-refractivity contribution in [3.8, 4) is 44.5 Å². The molecule has 0 radical (unpaired) electrons. The van der Waals surface area contributed by atoms with Gasteiger partial charge in [-0.1, -0.05) is 224 Å². The summed E-state index contributed by atoms with van der Waals surface area (Å²) in [5, 5.41) is 5.05. The molecular weight excluding hydrogens is 827 g/mol. The van der Waals surface area contributed by atoms with Crippen LogP contribution in [0.5, 0.6) is 0 Å². The highest BCUT2D eigenvalue weighted by Crippen LogP contribution is 2.58. The van der Waals surface area contributed by atoms with Crippen LogP contribution in [-0.2, 0) is 5.41 Å². The molecule has 0 N–H and O–H groups in total. The first-order valence-corrected chi connectivity index (χ1v) is 23.9. The summed E-state index contributed by atoms with van der Waals surface area (Å²) in [4.78, 5) is 2.54. The topological polar surface area (TPSA) is 3.24 Å². The first kappa shape index (κ1) is 39.1. The van der Waals surface area contributed by atoms with Crippen molar-refractivity contribution in [2.75, 3.05) is 4.90 Å². The molecule has 67 heavy (non-hydrogen) atoms. The molecule has 0 aliphatic heterocycles. The molecule has 0 unspecified atom stereocenters. The van der Waals surface area contributed by atoms with Crippen LogP contribution in [0.1, 0.15) is 22.3 Å². The molecule has 314 valence electrons. The molecule has 0 bridgehead atoms. The normalized spacial score (nSPS) is 12.6. The van der Waals surface area contributed by atoms with E-state index < -0.39 is 5.41 Å². The van der Waals surface area contributed by atoms with E-state index in [1.54, 1.807) is 0 Å². The molecule has 0 saturated heterocycles. The Bertz CT molecular complexity index is 3740. The summed E-state index contributed by atoms with van der Waals surface area (Å²) < 4.78 is 2.56. The van der Waals surface area contributed by atoms with Crippen LogP contribution >= 0.6 is 11.3 Å². The van der Waals surface area contributed by atoms with E-state index in [2.05, 4.69) is 266 Å². The van der Waals surface area contributed by atoms with Crippen LogP contribution in [0.3, 0.4) is 0 Å². The van der Waals surface area contributed by atoms with Gasteiger partial charge in [-0.15, -0.1) is 11.3 Å². The molecule has 2 heteroatoms. The third kappa shape index (κ3) is 6.29. The Balaban J connectivity index is 1.13. The van der Waals surface area contributed by atoms with Crippen molar-refractivity contribution in [3.63, 3.8) is 0 Å². The van der Waals surface area contributed by atoms with E-state index in [0.717, 1.165) is 17.1 Å². The van der Waals surface area contributed by atoms with Crippen LogP contribution in [0.25, 0.3) is 75.5 Å². The first-order valence-electron chi connectivity index (χ1n) is 23.1. The van der Waals surface area contributed by atoms with Crippen LogP contribution in [0.15, 0.2) is 261 Å². The van der Waals surface area contributed by atoms with E-state index in [1.165, 1.54) is 97.7 Å². The molecule has 0 amide bonds. The molecular formula is C65H43NS. The summed E-state index contributed by atoms with van der Waals surface area (Å²) in [5.74, 6) is 0. The summed E-state index contributed by atoms with van der Waals surface area (Å²) in [7, 11) is 0. The maximum Gasteiger partial charge on any atom is 0.0714 e. The maximum absolute atomic E-state index is 2.54. The Morgan fingerprint density at radius 2 is 0.866 bits per heavy atom. The van der Waals surface area contributed by atoms with E-state index in [4.69, 9.17) is 0 Å². The quantitative estimate of drug-likeness (QED) is 0.147. The second kappa shape index (κ2) is 16.0. The second-order valence-corrected chi connectivity index (χ2v) is 18.6. The average molecular weight is 870 g/mol. The Hall–Kier alpha value is -8.30. The van der Waals surface area contributed by atoms with Crippen LogP contribution in [0.2, 0.25) is 0 Å². The zero-order valence-corrected chi connectivity index (χ0v) is 37.5. The molecule has 0 spiro atoms. The van der Waals surface area contributed by atoms with Crippen molar-refractivity contribution in [3.05, 3.63) is 283 Å². The standard InChI is InChI=1S/C65H43NS/c1-5-19-44(20-6-1)45-33-36-51(37-34-45)66(52-38-40-57-56-31-17-18-32-59(56)65(60(57)43-52,49-24-9-3-10-25-49)50-26-11-4-12-27-50)61-41-48(54-29-16-15-28-53(54)46-21-7-2-8-22-46)42-62-63(61)58-39-35-47-23-13-14-30-55(47)64(58)67-62/h1-43H. The fourth-order valence-corrected chi connectivity index (χ4v) is 12.3. The van der Waals surface area contributed by atoms with Crippen molar-refractivity contribution in [1.82, 2.24) is 0 Å². The zero-order chi connectivity index (χ0) is 44.3. The smallest absolute Gasteiger partial charge is 0.0714 e. The highest BCUT2D eigenvalue weighted by atomic mass is 32.1. The lowest BCUT2D eigenvalue weighted by atomic mass is 9.67. The van der Waals surface area contributed by atoms with E-state index >= 15 is 0 Å². The van der Waals surface area contributed by atoms with Gasteiger partial charge in [0.1, 0.15) is 0 Å². The minimum absolute atomic E-state index is 0.549. The number of fused-ring (bicyclic) bond motifs is 8. The summed E-state index contributed by atoms with van der Waals surface area (Å²) in [6.45, 7) is 0. The Labute approximate surface area is 395 Å². The van der Waals surface area contributed by atoms with Gasteiger partial charge in [0.2, 0.25) is 0 Å². The van der Waals surface area contributed by atoms with Gasteiger partial charge in [-0.3, -0.25) is 0 Å². The van der Waals surface area contributed by atoms with Gasteiger partial charge < -0.3 is 4.90 Å². The number of benzene rings is 11.